The molecule has 4 fully saturated rings. The molecular weight excluding hydrogens is 427 g/mol. The molecule has 0 radical (unpaired) electrons. The first-order valence-electron chi connectivity index (χ1n) is 11.1. The lowest BCUT2D eigenvalue weighted by atomic mass is 9.67. The molecule has 5 rings (SSSR count). The molecule has 4 heterocycles. The van der Waals surface area contributed by atoms with Crippen molar-refractivity contribution in [2.24, 2.45) is 11.8 Å². The van der Waals surface area contributed by atoms with Gasteiger partial charge in [-0.05, 0) is 42.7 Å². The predicted octanol–water partition coefficient (Wildman–Crippen LogP) is 0.373. The van der Waals surface area contributed by atoms with Crippen LogP contribution in [-0.4, -0.2) is 82.7 Å². The number of carbonyl (C=O) groups is 1. The molecule has 11 heteroatoms. The molecule has 7 unspecified atom stereocenters. The van der Waals surface area contributed by atoms with E-state index >= 15 is 0 Å². The number of hydrogen-bond donors (Lipinski definition) is 4. The van der Waals surface area contributed by atoms with Gasteiger partial charge in [-0.2, -0.15) is 13.2 Å². The van der Waals surface area contributed by atoms with E-state index in [1.807, 2.05) is 11.0 Å². The number of anilines is 1. The number of nitrogens with zero attached hydrogens (tertiary/aromatic N) is 3. The summed E-state index contributed by atoms with van der Waals surface area (Å²) >= 11 is 0. The number of amides is 1. The fraction of sp³-hybridized carbons (Fsp3) is 0.714. The van der Waals surface area contributed by atoms with Crippen LogP contribution < -0.4 is 15.8 Å². The average Bonchev–Trinajstić information content (AvgIpc) is 3.37. The maximum Gasteiger partial charge on any atom is 0.406 e. The number of aliphatic hydroxyl groups is 2. The van der Waals surface area contributed by atoms with Crippen molar-refractivity contribution in [3.05, 3.63) is 23.9 Å². The summed E-state index contributed by atoms with van der Waals surface area (Å²) in [5.74, 6) is -0.388. The molecule has 0 aromatic carbocycles. The molecule has 0 bridgehead atoms. The SMILES string of the molecule is O=C1C2CNNC2C2CCC(c3cccnc3N3CC(O)C(O)C3)CC2N1CC(F)(F)F. The fourth-order valence-electron chi connectivity index (χ4n) is 6.09. The minimum absolute atomic E-state index is 0.0538. The van der Waals surface area contributed by atoms with E-state index in [1.54, 1.807) is 12.3 Å². The first kappa shape index (κ1) is 21.9. The monoisotopic (exact) mass is 455 g/mol. The number of fused-ring (bicyclic) bond motifs is 3. The van der Waals surface area contributed by atoms with E-state index in [1.165, 1.54) is 0 Å². The van der Waals surface area contributed by atoms with E-state index in [2.05, 4.69) is 15.8 Å². The number of aromatic nitrogens is 1. The summed E-state index contributed by atoms with van der Waals surface area (Å²) in [6.07, 6.45) is -2.64. The van der Waals surface area contributed by atoms with Crippen molar-refractivity contribution in [3.8, 4) is 0 Å². The summed E-state index contributed by atoms with van der Waals surface area (Å²) in [5, 5.41) is 19.9. The highest BCUT2D eigenvalue weighted by Gasteiger charge is 2.54. The molecule has 3 saturated heterocycles. The van der Waals surface area contributed by atoms with Crippen molar-refractivity contribution in [2.75, 3.05) is 31.1 Å². The van der Waals surface area contributed by atoms with Gasteiger partial charge in [0.15, 0.2) is 0 Å². The highest BCUT2D eigenvalue weighted by atomic mass is 19.4. The van der Waals surface area contributed by atoms with Gasteiger partial charge in [0.2, 0.25) is 5.91 Å². The van der Waals surface area contributed by atoms with Gasteiger partial charge >= 0.3 is 6.18 Å². The van der Waals surface area contributed by atoms with Crippen molar-refractivity contribution in [1.82, 2.24) is 20.7 Å². The van der Waals surface area contributed by atoms with Crippen molar-refractivity contribution in [2.45, 2.75) is 55.6 Å². The zero-order valence-corrected chi connectivity index (χ0v) is 17.5. The van der Waals surface area contributed by atoms with Crippen molar-refractivity contribution >= 4 is 11.7 Å². The molecule has 1 aliphatic carbocycles. The summed E-state index contributed by atoms with van der Waals surface area (Å²) in [7, 11) is 0. The third kappa shape index (κ3) is 3.85. The number of β-amino-alcohol motifs (C(OH)–C–C–N with tert-alkyl or cyclic N) is 2. The smallest absolute Gasteiger partial charge is 0.389 e. The first-order chi connectivity index (χ1) is 15.2. The van der Waals surface area contributed by atoms with E-state index in [9.17, 15) is 28.2 Å². The molecular formula is C21H28F3N5O3. The third-order valence-electron chi connectivity index (χ3n) is 7.52. The largest absolute Gasteiger partial charge is 0.406 e. The van der Waals surface area contributed by atoms with Crippen LogP contribution >= 0.6 is 0 Å². The number of carbonyl (C=O) groups excluding carboxylic acids is 1. The Labute approximate surface area is 183 Å². The van der Waals surface area contributed by atoms with Crippen LogP contribution in [0.5, 0.6) is 0 Å². The van der Waals surface area contributed by atoms with Gasteiger partial charge in [-0.15, -0.1) is 0 Å². The minimum Gasteiger partial charge on any atom is -0.389 e. The molecule has 4 N–H and O–H groups in total. The molecule has 7 atom stereocenters. The topological polar surface area (TPSA) is 101 Å². The standard InChI is InChI=1S/C21H28F3N5O3/c22-21(23,24)10-29-15-6-11(3-4-13(15)18-14(20(29)32)7-26-27-18)12-2-1-5-25-19(12)28-8-16(30)17(31)9-28/h1-2,5,11,13-18,26-27,30-31H,3-4,6-10H2. The maximum absolute atomic E-state index is 13.4. The zero-order valence-electron chi connectivity index (χ0n) is 17.5. The Morgan fingerprint density at radius 2 is 1.94 bits per heavy atom. The van der Waals surface area contributed by atoms with Crippen LogP contribution in [0.15, 0.2) is 18.3 Å². The normalized spacial score (nSPS) is 37.5. The molecule has 176 valence electrons. The molecule has 0 spiro atoms. The van der Waals surface area contributed by atoms with E-state index in [0.29, 0.717) is 25.2 Å². The van der Waals surface area contributed by atoms with E-state index in [-0.39, 0.29) is 31.0 Å². The zero-order chi connectivity index (χ0) is 22.6. The number of piperidine rings is 1. The Kier molecular flexibility index (Phi) is 5.55. The lowest BCUT2D eigenvalue weighted by molar-refractivity contribution is -0.178. The van der Waals surface area contributed by atoms with Crippen LogP contribution in [-0.2, 0) is 4.79 Å². The third-order valence-corrected chi connectivity index (χ3v) is 7.52. The average molecular weight is 455 g/mol. The first-order valence-corrected chi connectivity index (χ1v) is 11.1. The quantitative estimate of drug-likeness (QED) is 0.523. The van der Waals surface area contributed by atoms with Crippen LogP contribution in [0.4, 0.5) is 19.0 Å². The van der Waals surface area contributed by atoms with Crippen molar-refractivity contribution < 1.29 is 28.2 Å². The lowest BCUT2D eigenvalue weighted by Gasteiger charge is -2.50. The molecule has 1 saturated carbocycles. The van der Waals surface area contributed by atoms with Gasteiger partial charge in [0, 0.05) is 37.9 Å². The second-order valence-electron chi connectivity index (χ2n) is 9.44. The van der Waals surface area contributed by atoms with Gasteiger partial charge in [0.05, 0.1) is 18.1 Å². The molecule has 8 nitrogen and oxygen atoms in total. The lowest BCUT2D eigenvalue weighted by Crippen LogP contribution is -2.63. The number of alkyl halides is 3. The Morgan fingerprint density at radius 3 is 2.66 bits per heavy atom. The second-order valence-corrected chi connectivity index (χ2v) is 9.44. The maximum atomic E-state index is 13.4. The van der Waals surface area contributed by atoms with Crippen LogP contribution in [0.3, 0.4) is 0 Å². The van der Waals surface area contributed by atoms with Crippen molar-refractivity contribution in [1.29, 1.82) is 0 Å². The predicted molar refractivity (Wildman–Crippen MR) is 109 cm³/mol. The number of hydrazine groups is 1. The van der Waals surface area contributed by atoms with Crippen LogP contribution in [0, 0.1) is 11.8 Å². The number of hydrogen-bond acceptors (Lipinski definition) is 7. The van der Waals surface area contributed by atoms with E-state index < -0.39 is 42.8 Å². The molecule has 3 aliphatic heterocycles. The molecule has 1 aromatic rings. The number of nitrogens with one attached hydrogen (secondary N) is 2. The van der Waals surface area contributed by atoms with E-state index in [0.717, 1.165) is 16.9 Å². The van der Waals surface area contributed by atoms with Gasteiger partial charge in [-0.3, -0.25) is 15.6 Å². The van der Waals surface area contributed by atoms with Crippen LogP contribution in [0.1, 0.15) is 30.7 Å². The van der Waals surface area contributed by atoms with Gasteiger partial charge in [-0.25, -0.2) is 4.98 Å². The van der Waals surface area contributed by atoms with Crippen LogP contribution in [0.25, 0.3) is 0 Å². The van der Waals surface area contributed by atoms with E-state index in [4.69, 9.17) is 0 Å². The summed E-state index contributed by atoms with van der Waals surface area (Å²) in [6, 6.07) is 3.04. The number of likely N-dealkylation sites (tertiary alicyclic amines) is 1. The number of aliphatic hydroxyl groups excluding tert-OH is 2. The molecule has 1 aromatic heterocycles. The number of pyridine rings is 1. The van der Waals surface area contributed by atoms with Gasteiger partial charge in [-0.1, -0.05) is 6.07 Å². The Balaban J connectivity index is 1.43. The summed E-state index contributed by atoms with van der Waals surface area (Å²) in [5.41, 5.74) is 7.00. The Bertz CT molecular complexity index is 861. The highest BCUT2D eigenvalue weighted by Crippen LogP contribution is 2.46. The summed E-state index contributed by atoms with van der Waals surface area (Å²) < 4.78 is 40.2. The Hall–Kier alpha value is -1.95. The highest BCUT2D eigenvalue weighted by molar-refractivity contribution is 5.82. The van der Waals surface area contributed by atoms with Crippen molar-refractivity contribution in [3.63, 3.8) is 0 Å². The molecule has 32 heavy (non-hydrogen) atoms. The molecule has 1 amide bonds. The van der Waals surface area contributed by atoms with Gasteiger partial charge < -0.3 is 20.0 Å². The minimum atomic E-state index is -4.46. The van der Waals surface area contributed by atoms with Gasteiger partial charge in [0.25, 0.3) is 0 Å². The number of halogens is 3. The summed E-state index contributed by atoms with van der Waals surface area (Å²) in [4.78, 5) is 20.4. The Morgan fingerprint density at radius 1 is 1.19 bits per heavy atom. The number of rotatable bonds is 3. The van der Waals surface area contributed by atoms with Crippen LogP contribution in [0.2, 0.25) is 0 Å². The summed E-state index contributed by atoms with van der Waals surface area (Å²) in [6.45, 7) is -0.381. The fourth-order valence-corrected chi connectivity index (χ4v) is 6.09. The van der Waals surface area contributed by atoms with Gasteiger partial charge in [0.1, 0.15) is 12.4 Å². The molecule has 4 aliphatic rings. The second kappa shape index (κ2) is 8.12.